The third-order valence-corrected chi connectivity index (χ3v) is 6.52. The maximum atomic E-state index is 12.8. The Kier molecular flexibility index (Phi) is 4.88. The van der Waals surface area contributed by atoms with Gasteiger partial charge in [0.25, 0.3) is 10.0 Å². The van der Waals surface area contributed by atoms with Gasteiger partial charge >= 0.3 is 0 Å². The first-order valence-electron chi connectivity index (χ1n) is 9.46. The van der Waals surface area contributed by atoms with Crippen LogP contribution in [0.3, 0.4) is 0 Å². The number of sulfonamides is 1. The molecule has 0 saturated carbocycles. The molecule has 3 aromatic rings. The number of amides is 1. The SMILES string of the molecule is CC(=O)N1c2ccccc2CCc2ccc(NS(=O)(=O)c3ccc(C)cc3)cc21. The smallest absolute Gasteiger partial charge is 0.261 e. The number of nitrogens with one attached hydrogen (secondary N) is 1. The van der Waals surface area contributed by atoms with Gasteiger partial charge in [-0.3, -0.25) is 14.4 Å². The van der Waals surface area contributed by atoms with Crippen molar-refractivity contribution in [1.82, 2.24) is 0 Å². The fourth-order valence-electron chi connectivity index (χ4n) is 3.66. The van der Waals surface area contributed by atoms with Gasteiger partial charge in [-0.2, -0.15) is 0 Å². The summed E-state index contributed by atoms with van der Waals surface area (Å²) >= 11 is 0. The number of benzene rings is 3. The summed E-state index contributed by atoms with van der Waals surface area (Å²) in [6, 6.07) is 19.9. The standard InChI is InChI=1S/C23H22N2O3S/c1-16-7-13-21(14-8-16)29(27,28)24-20-12-11-19-10-9-18-5-3-4-6-22(18)25(17(2)26)23(19)15-20/h3-8,11-15,24H,9-10H2,1-2H3. The zero-order valence-electron chi connectivity index (χ0n) is 16.3. The van der Waals surface area contributed by atoms with E-state index in [1.807, 2.05) is 37.3 Å². The number of rotatable bonds is 3. The summed E-state index contributed by atoms with van der Waals surface area (Å²) in [5.74, 6) is -0.112. The van der Waals surface area contributed by atoms with Crippen LogP contribution in [0.2, 0.25) is 0 Å². The Labute approximate surface area is 171 Å². The van der Waals surface area contributed by atoms with E-state index in [2.05, 4.69) is 4.72 Å². The lowest BCUT2D eigenvalue weighted by atomic mass is 10.0. The number of carbonyl (C=O) groups is 1. The number of hydrogen-bond acceptors (Lipinski definition) is 3. The average Bonchev–Trinajstić information content (AvgIpc) is 2.84. The molecule has 0 bridgehead atoms. The second kappa shape index (κ2) is 7.37. The first-order valence-corrected chi connectivity index (χ1v) is 10.9. The van der Waals surface area contributed by atoms with Gasteiger partial charge in [0.1, 0.15) is 0 Å². The molecule has 0 aliphatic carbocycles. The summed E-state index contributed by atoms with van der Waals surface area (Å²) < 4.78 is 28.2. The average molecular weight is 407 g/mol. The van der Waals surface area contributed by atoms with Gasteiger partial charge < -0.3 is 0 Å². The van der Waals surface area contributed by atoms with Crippen LogP contribution in [0.1, 0.15) is 23.6 Å². The van der Waals surface area contributed by atoms with Crippen LogP contribution < -0.4 is 9.62 Å². The van der Waals surface area contributed by atoms with Gasteiger partial charge in [-0.25, -0.2) is 8.42 Å². The normalized spacial score (nSPS) is 13.2. The highest BCUT2D eigenvalue weighted by Crippen LogP contribution is 2.37. The minimum Gasteiger partial charge on any atom is -0.281 e. The Morgan fingerprint density at radius 1 is 0.897 bits per heavy atom. The van der Waals surface area contributed by atoms with Crippen molar-refractivity contribution in [3.63, 3.8) is 0 Å². The molecule has 148 valence electrons. The zero-order chi connectivity index (χ0) is 20.6. The van der Waals surface area contributed by atoms with Gasteiger partial charge in [-0.1, -0.05) is 42.0 Å². The molecule has 0 saturated heterocycles. The zero-order valence-corrected chi connectivity index (χ0v) is 17.2. The summed E-state index contributed by atoms with van der Waals surface area (Å²) in [6.45, 7) is 3.43. The molecule has 0 fully saturated rings. The number of nitrogens with zero attached hydrogens (tertiary/aromatic N) is 1. The lowest BCUT2D eigenvalue weighted by molar-refractivity contribution is -0.115. The second-order valence-corrected chi connectivity index (χ2v) is 8.93. The Morgan fingerprint density at radius 2 is 1.55 bits per heavy atom. The summed E-state index contributed by atoms with van der Waals surface area (Å²) in [6.07, 6.45) is 1.60. The first kappa shape index (κ1) is 19.2. The summed E-state index contributed by atoms with van der Waals surface area (Å²) in [4.78, 5) is 14.4. The number of anilines is 3. The Bertz CT molecular complexity index is 1180. The van der Waals surface area contributed by atoms with Crippen molar-refractivity contribution in [3.05, 3.63) is 83.4 Å². The molecular weight excluding hydrogens is 384 g/mol. The number of aryl methyl sites for hydroxylation is 3. The van der Waals surface area contributed by atoms with E-state index in [1.165, 1.54) is 6.92 Å². The van der Waals surface area contributed by atoms with E-state index < -0.39 is 10.0 Å². The third kappa shape index (κ3) is 3.76. The maximum Gasteiger partial charge on any atom is 0.261 e. The number of fused-ring (bicyclic) bond motifs is 2. The number of para-hydroxylation sites is 1. The molecule has 29 heavy (non-hydrogen) atoms. The summed E-state index contributed by atoms with van der Waals surface area (Å²) in [5.41, 5.74) is 5.08. The lowest BCUT2D eigenvalue weighted by Crippen LogP contribution is -2.24. The summed E-state index contributed by atoms with van der Waals surface area (Å²) in [7, 11) is -3.72. The van der Waals surface area contributed by atoms with Crippen molar-refractivity contribution in [2.24, 2.45) is 0 Å². The van der Waals surface area contributed by atoms with Crippen LogP contribution in [-0.2, 0) is 27.7 Å². The van der Waals surface area contributed by atoms with Crippen LogP contribution in [0.25, 0.3) is 0 Å². The van der Waals surface area contributed by atoms with E-state index in [9.17, 15) is 13.2 Å². The Morgan fingerprint density at radius 3 is 2.24 bits per heavy atom. The second-order valence-electron chi connectivity index (χ2n) is 7.25. The Balaban J connectivity index is 1.75. The fraction of sp³-hybridized carbons (Fsp3) is 0.174. The minimum atomic E-state index is -3.72. The molecule has 0 spiro atoms. The van der Waals surface area contributed by atoms with Gasteiger partial charge in [0.2, 0.25) is 5.91 Å². The molecule has 3 aromatic carbocycles. The van der Waals surface area contributed by atoms with Gasteiger partial charge in [-0.15, -0.1) is 0 Å². The van der Waals surface area contributed by atoms with Crippen LogP contribution >= 0.6 is 0 Å². The van der Waals surface area contributed by atoms with Gasteiger partial charge in [-0.05, 0) is 61.2 Å². The molecule has 1 N–H and O–H groups in total. The van der Waals surface area contributed by atoms with Gasteiger partial charge in [0, 0.05) is 6.92 Å². The molecule has 0 aromatic heterocycles. The van der Waals surface area contributed by atoms with Crippen LogP contribution in [-0.4, -0.2) is 14.3 Å². The van der Waals surface area contributed by atoms with Gasteiger partial charge in [0.15, 0.2) is 0 Å². The van der Waals surface area contributed by atoms with Crippen molar-refractivity contribution in [2.75, 3.05) is 9.62 Å². The first-order chi connectivity index (χ1) is 13.8. The quantitative estimate of drug-likeness (QED) is 0.692. The van der Waals surface area contributed by atoms with E-state index in [0.717, 1.165) is 35.2 Å². The van der Waals surface area contributed by atoms with Crippen LogP contribution in [0.4, 0.5) is 17.1 Å². The highest BCUT2D eigenvalue weighted by Gasteiger charge is 2.24. The molecule has 1 heterocycles. The largest absolute Gasteiger partial charge is 0.281 e. The van der Waals surface area contributed by atoms with E-state index in [0.29, 0.717) is 11.4 Å². The van der Waals surface area contributed by atoms with Crippen molar-refractivity contribution in [1.29, 1.82) is 0 Å². The molecule has 0 radical (unpaired) electrons. The Hall–Kier alpha value is -3.12. The van der Waals surface area contributed by atoms with E-state index in [1.54, 1.807) is 41.3 Å². The van der Waals surface area contributed by atoms with Crippen molar-refractivity contribution in [3.8, 4) is 0 Å². The third-order valence-electron chi connectivity index (χ3n) is 5.12. The number of carbonyl (C=O) groups excluding carboxylic acids is 1. The van der Waals surface area contributed by atoms with Crippen LogP contribution in [0.5, 0.6) is 0 Å². The molecule has 1 aliphatic heterocycles. The number of hydrogen-bond donors (Lipinski definition) is 1. The van der Waals surface area contributed by atoms with E-state index in [4.69, 9.17) is 0 Å². The maximum absolute atomic E-state index is 12.8. The monoisotopic (exact) mass is 406 g/mol. The molecule has 6 heteroatoms. The molecule has 1 aliphatic rings. The molecule has 0 unspecified atom stereocenters. The van der Waals surface area contributed by atoms with Crippen LogP contribution in [0.15, 0.2) is 71.6 Å². The van der Waals surface area contributed by atoms with E-state index >= 15 is 0 Å². The summed E-state index contributed by atoms with van der Waals surface area (Å²) in [5, 5.41) is 0. The highest BCUT2D eigenvalue weighted by molar-refractivity contribution is 7.92. The topological polar surface area (TPSA) is 66.5 Å². The predicted molar refractivity (Wildman–Crippen MR) is 115 cm³/mol. The molecule has 4 rings (SSSR count). The molecule has 5 nitrogen and oxygen atoms in total. The predicted octanol–water partition coefficient (Wildman–Crippen LogP) is 4.58. The fourth-order valence-corrected chi connectivity index (χ4v) is 4.71. The minimum absolute atomic E-state index is 0.112. The van der Waals surface area contributed by atoms with Crippen LogP contribution in [0, 0.1) is 6.92 Å². The lowest BCUT2D eigenvalue weighted by Gasteiger charge is -2.24. The van der Waals surface area contributed by atoms with Crippen molar-refractivity contribution < 1.29 is 13.2 Å². The highest BCUT2D eigenvalue weighted by atomic mass is 32.2. The van der Waals surface area contributed by atoms with Crippen molar-refractivity contribution >= 4 is 33.0 Å². The molecule has 1 amide bonds. The van der Waals surface area contributed by atoms with Gasteiger partial charge in [0.05, 0.1) is 22.0 Å². The molecular formula is C23H22N2O3S. The van der Waals surface area contributed by atoms with Crippen molar-refractivity contribution in [2.45, 2.75) is 31.6 Å². The van der Waals surface area contributed by atoms with E-state index in [-0.39, 0.29) is 10.8 Å². The molecule has 0 atom stereocenters.